The first kappa shape index (κ1) is 11.7. The van der Waals surface area contributed by atoms with Gasteiger partial charge in [0.1, 0.15) is 6.04 Å². The van der Waals surface area contributed by atoms with Crippen molar-refractivity contribution in [1.82, 2.24) is 4.90 Å². The zero-order valence-corrected chi connectivity index (χ0v) is 10.3. The fourth-order valence-electron chi connectivity index (χ4n) is 4.21. The molecule has 2 saturated carbocycles. The van der Waals surface area contributed by atoms with Crippen molar-refractivity contribution in [3.8, 4) is 0 Å². The summed E-state index contributed by atoms with van der Waals surface area (Å²) < 4.78 is 0. The number of hydrogen-bond acceptors (Lipinski definition) is 3. The number of carboxylic acid groups (broad SMARTS) is 1. The zero-order valence-electron chi connectivity index (χ0n) is 10.3. The van der Waals surface area contributed by atoms with Crippen LogP contribution in [0.1, 0.15) is 32.6 Å². The fourth-order valence-corrected chi connectivity index (χ4v) is 4.21. The van der Waals surface area contributed by atoms with Gasteiger partial charge in [-0.3, -0.25) is 14.5 Å². The maximum Gasteiger partial charge on any atom is 0.326 e. The standard InChI is InChI=1S/C13H17NO4/c1-2-8(13(17)18)14-11(15)9-6-3-4-7(5-6)10(9)12(14)16/h6-10H,2-5H2,1H3,(H,17,18)/t6-,7+,8-,9-,10+/m0/s1. The van der Waals surface area contributed by atoms with Gasteiger partial charge in [0, 0.05) is 0 Å². The third-order valence-corrected chi connectivity index (χ3v) is 4.94. The summed E-state index contributed by atoms with van der Waals surface area (Å²) in [6, 6.07) is -0.977. The van der Waals surface area contributed by atoms with E-state index in [2.05, 4.69) is 0 Å². The van der Waals surface area contributed by atoms with Gasteiger partial charge >= 0.3 is 5.97 Å². The van der Waals surface area contributed by atoms with Gasteiger partial charge in [-0.05, 0) is 37.5 Å². The van der Waals surface area contributed by atoms with Gasteiger partial charge in [0.15, 0.2) is 0 Å². The van der Waals surface area contributed by atoms with Crippen molar-refractivity contribution in [2.45, 2.75) is 38.6 Å². The van der Waals surface area contributed by atoms with E-state index < -0.39 is 12.0 Å². The van der Waals surface area contributed by atoms with Gasteiger partial charge in [0.05, 0.1) is 11.8 Å². The van der Waals surface area contributed by atoms with Crippen molar-refractivity contribution in [2.24, 2.45) is 23.7 Å². The van der Waals surface area contributed by atoms with Crippen LogP contribution in [0.5, 0.6) is 0 Å². The van der Waals surface area contributed by atoms with Gasteiger partial charge in [-0.15, -0.1) is 0 Å². The van der Waals surface area contributed by atoms with Crippen LogP contribution in [0.3, 0.4) is 0 Å². The van der Waals surface area contributed by atoms with E-state index in [1.54, 1.807) is 6.92 Å². The van der Waals surface area contributed by atoms with Crippen LogP contribution in [0.2, 0.25) is 0 Å². The second-order valence-electron chi connectivity index (χ2n) is 5.69. The lowest BCUT2D eigenvalue weighted by Gasteiger charge is -2.23. The molecule has 0 aromatic carbocycles. The lowest BCUT2D eigenvalue weighted by molar-refractivity contribution is -0.155. The highest BCUT2D eigenvalue weighted by Crippen LogP contribution is 2.56. The molecule has 2 aliphatic carbocycles. The second kappa shape index (κ2) is 3.80. The van der Waals surface area contributed by atoms with E-state index >= 15 is 0 Å². The van der Waals surface area contributed by atoms with Crippen LogP contribution < -0.4 is 0 Å². The van der Waals surface area contributed by atoms with Crippen molar-refractivity contribution in [2.75, 3.05) is 0 Å². The third-order valence-electron chi connectivity index (χ3n) is 4.94. The summed E-state index contributed by atoms with van der Waals surface area (Å²) >= 11 is 0. The molecule has 0 radical (unpaired) electrons. The topological polar surface area (TPSA) is 74.7 Å². The molecule has 5 heteroatoms. The Morgan fingerprint density at radius 1 is 1.28 bits per heavy atom. The zero-order chi connectivity index (χ0) is 13.0. The molecule has 3 fully saturated rings. The van der Waals surface area contributed by atoms with Crippen LogP contribution in [-0.4, -0.2) is 33.8 Å². The molecule has 18 heavy (non-hydrogen) atoms. The number of fused-ring (bicyclic) bond motifs is 5. The summed E-state index contributed by atoms with van der Waals surface area (Å²) in [5.74, 6) is -1.35. The minimum absolute atomic E-state index is 0.218. The Hall–Kier alpha value is -1.39. The monoisotopic (exact) mass is 251 g/mol. The molecule has 98 valence electrons. The van der Waals surface area contributed by atoms with Crippen LogP contribution in [-0.2, 0) is 14.4 Å². The number of hydrogen-bond donors (Lipinski definition) is 1. The normalized spacial score (nSPS) is 39.3. The molecular formula is C13H17NO4. The summed E-state index contributed by atoms with van der Waals surface area (Å²) in [7, 11) is 0. The van der Waals surface area contributed by atoms with Crippen molar-refractivity contribution in [3.63, 3.8) is 0 Å². The first-order valence-corrected chi connectivity index (χ1v) is 6.66. The molecule has 1 heterocycles. The minimum Gasteiger partial charge on any atom is -0.480 e. The van der Waals surface area contributed by atoms with Crippen molar-refractivity contribution >= 4 is 17.8 Å². The Bertz CT molecular complexity index is 405. The van der Waals surface area contributed by atoms with Crippen molar-refractivity contribution in [3.05, 3.63) is 0 Å². The number of carboxylic acids is 1. The Balaban J connectivity index is 1.93. The second-order valence-corrected chi connectivity index (χ2v) is 5.69. The molecule has 2 bridgehead atoms. The van der Waals surface area contributed by atoms with E-state index in [1.165, 1.54) is 0 Å². The van der Waals surface area contributed by atoms with Crippen LogP contribution in [0.15, 0.2) is 0 Å². The van der Waals surface area contributed by atoms with Crippen LogP contribution in [0.4, 0.5) is 0 Å². The number of amides is 2. The van der Waals surface area contributed by atoms with Gasteiger partial charge in [-0.1, -0.05) is 6.92 Å². The van der Waals surface area contributed by atoms with E-state index in [9.17, 15) is 14.4 Å². The molecule has 5 nitrogen and oxygen atoms in total. The Kier molecular flexibility index (Phi) is 2.47. The molecule has 1 aliphatic heterocycles. The predicted molar refractivity (Wildman–Crippen MR) is 61.4 cm³/mol. The molecule has 0 aromatic heterocycles. The molecule has 1 N–H and O–H groups in total. The molecular weight excluding hydrogens is 234 g/mol. The van der Waals surface area contributed by atoms with Crippen molar-refractivity contribution < 1.29 is 19.5 Å². The summed E-state index contributed by atoms with van der Waals surface area (Å²) in [5, 5.41) is 9.13. The van der Waals surface area contributed by atoms with E-state index in [-0.39, 0.29) is 30.1 Å². The summed E-state index contributed by atoms with van der Waals surface area (Å²) in [5.41, 5.74) is 0. The summed E-state index contributed by atoms with van der Waals surface area (Å²) in [6.07, 6.45) is 3.29. The average Bonchev–Trinajstić information content (AvgIpc) is 2.98. The van der Waals surface area contributed by atoms with Crippen LogP contribution >= 0.6 is 0 Å². The number of rotatable bonds is 3. The SMILES string of the molecule is CC[C@@H](C(=O)O)N1C(=O)[C@@H]2[C@@H]3CC[C@@H](C3)[C@@H]2C1=O. The number of carbonyl (C=O) groups is 3. The maximum atomic E-state index is 12.3. The third kappa shape index (κ3) is 1.30. The van der Waals surface area contributed by atoms with Crippen LogP contribution in [0, 0.1) is 23.7 Å². The molecule has 3 aliphatic rings. The molecule has 0 aromatic rings. The molecule has 0 unspecified atom stereocenters. The van der Waals surface area contributed by atoms with E-state index in [0.717, 1.165) is 24.2 Å². The summed E-state index contributed by atoms with van der Waals surface area (Å²) in [4.78, 5) is 36.9. The largest absolute Gasteiger partial charge is 0.480 e. The van der Waals surface area contributed by atoms with Crippen LogP contribution in [0.25, 0.3) is 0 Å². The maximum absolute atomic E-state index is 12.3. The highest BCUT2D eigenvalue weighted by molar-refractivity contribution is 6.08. The lowest BCUT2D eigenvalue weighted by atomic mass is 9.81. The lowest BCUT2D eigenvalue weighted by Crippen LogP contribution is -2.45. The van der Waals surface area contributed by atoms with E-state index in [0.29, 0.717) is 11.8 Å². The van der Waals surface area contributed by atoms with Gasteiger partial charge in [0.2, 0.25) is 11.8 Å². The number of nitrogens with zero attached hydrogens (tertiary/aromatic N) is 1. The Morgan fingerprint density at radius 2 is 1.78 bits per heavy atom. The van der Waals surface area contributed by atoms with E-state index in [1.807, 2.05) is 0 Å². The fraction of sp³-hybridized carbons (Fsp3) is 0.769. The molecule has 2 amide bonds. The van der Waals surface area contributed by atoms with E-state index in [4.69, 9.17) is 5.11 Å². The predicted octanol–water partition coefficient (Wildman–Crippen LogP) is 0.881. The molecule has 1 saturated heterocycles. The smallest absolute Gasteiger partial charge is 0.326 e. The summed E-state index contributed by atoms with van der Waals surface area (Å²) in [6.45, 7) is 1.70. The highest BCUT2D eigenvalue weighted by atomic mass is 16.4. The number of carbonyl (C=O) groups excluding carboxylic acids is 2. The highest BCUT2D eigenvalue weighted by Gasteiger charge is 2.62. The minimum atomic E-state index is -1.08. The molecule has 0 spiro atoms. The first-order valence-electron chi connectivity index (χ1n) is 6.66. The van der Waals surface area contributed by atoms with Gasteiger partial charge in [-0.25, -0.2) is 4.79 Å². The van der Waals surface area contributed by atoms with Gasteiger partial charge in [0.25, 0.3) is 0 Å². The number of imide groups is 1. The molecule has 3 rings (SSSR count). The van der Waals surface area contributed by atoms with Gasteiger partial charge < -0.3 is 5.11 Å². The average molecular weight is 251 g/mol. The Labute approximate surface area is 105 Å². The van der Waals surface area contributed by atoms with Crippen molar-refractivity contribution in [1.29, 1.82) is 0 Å². The quantitative estimate of drug-likeness (QED) is 0.756. The Morgan fingerprint density at radius 3 is 2.17 bits per heavy atom. The van der Waals surface area contributed by atoms with Gasteiger partial charge in [-0.2, -0.15) is 0 Å². The first-order chi connectivity index (χ1) is 8.56. The number of aliphatic carboxylic acids is 1. The molecule has 5 atom stereocenters. The number of likely N-dealkylation sites (tertiary alicyclic amines) is 1.